The third-order valence-corrected chi connectivity index (χ3v) is 4.88. The molecule has 1 aliphatic rings. The van der Waals surface area contributed by atoms with E-state index < -0.39 is 6.10 Å². The summed E-state index contributed by atoms with van der Waals surface area (Å²) in [5, 5.41) is 15.8. The van der Waals surface area contributed by atoms with E-state index in [0.29, 0.717) is 13.2 Å². The molecule has 0 bridgehead atoms. The Morgan fingerprint density at radius 3 is 2.73 bits per heavy atom. The van der Waals surface area contributed by atoms with E-state index in [2.05, 4.69) is 43.6 Å². The summed E-state index contributed by atoms with van der Waals surface area (Å²) < 4.78 is 11.1. The van der Waals surface area contributed by atoms with Crippen LogP contribution < -0.4 is 5.32 Å². The van der Waals surface area contributed by atoms with Gasteiger partial charge in [0.25, 0.3) is 0 Å². The maximum atomic E-state index is 10.2. The van der Waals surface area contributed by atoms with Gasteiger partial charge in [-0.05, 0) is 29.7 Å². The second-order valence-electron chi connectivity index (χ2n) is 7.02. The van der Waals surface area contributed by atoms with E-state index >= 15 is 0 Å². The number of ether oxygens (including phenoxy) is 2. The van der Waals surface area contributed by atoms with Crippen LogP contribution in [-0.2, 0) is 9.47 Å². The highest BCUT2D eigenvalue weighted by atomic mass is 32.1. The highest BCUT2D eigenvalue weighted by Crippen LogP contribution is 2.34. The lowest BCUT2D eigenvalue weighted by molar-refractivity contribution is -0.0593. The molecule has 1 aliphatic heterocycles. The van der Waals surface area contributed by atoms with Crippen LogP contribution in [0.4, 0.5) is 0 Å². The third kappa shape index (κ3) is 5.63. The van der Waals surface area contributed by atoms with Crippen molar-refractivity contribution in [1.29, 1.82) is 0 Å². The molecule has 0 aliphatic carbocycles. The third-order valence-electron chi connectivity index (χ3n) is 3.94. The Labute approximate surface area is 137 Å². The van der Waals surface area contributed by atoms with Crippen molar-refractivity contribution in [3.05, 3.63) is 22.4 Å². The molecule has 2 rings (SSSR count). The van der Waals surface area contributed by atoms with Gasteiger partial charge in [-0.1, -0.05) is 26.8 Å². The summed E-state index contributed by atoms with van der Waals surface area (Å²) in [4.78, 5) is 1.31. The molecule has 1 aromatic heterocycles. The Hall–Kier alpha value is -0.460. The quantitative estimate of drug-likeness (QED) is 0.808. The van der Waals surface area contributed by atoms with Crippen molar-refractivity contribution < 1.29 is 14.6 Å². The first-order valence-corrected chi connectivity index (χ1v) is 8.99. The molecule has 1 saturated heterocycles. The Morgan fingerprint density at radius 2 is 2.14 bits per heavy atom. The van der Waals surface area contributed by atoms with Gasteiger partial charge < -0.3 is 19.9 Å². The summed E-state index contributed by atoms with van der Waals surface area (Å²) in [6.45, 7) is 9.12. The molecule has 0 aromatic carbocycles. The lowest BCUT2D eigenvalue weighted by atomic mass is 9.85. The van der Waals surface area contributed by atoms with Crippen molar-refractivity contribution in [2.24, 2.45) is 5.41 Å². The van der Waals surface area contributed by atoms with E-state index in [0.717, 1.165) is 26.1 Å². The van der Waals surface area contributed by atoms with Crippen LogP contribution in [0.25, 0.3) is 0 Å². The number of thiophene rings is 1. The lowest BCUT2D eigenvalue weighted by Crippen LogP contribution is -2.39. The van der Waals surface area contributed by atoms with Gasteiger partial charge >= 0.3 is 0 Å². The predicted molar refractivity (Wildman–Crippen MR) is 90.3 cm³/mol. The van der Waals surface area contributed by atoms with Gasteiger partial charge in [-0.3, -0.25) is 0 Å². The molecule has 0 radical (unpaired) electrons. The predicted octanol–water partition coefficient (Wildman–Crippen LogP) is 2.98. The van der Waals surface area contributed by atoms with Crippen LogP contribution in [0, 0.1) is 5.41 Å². The maximum Gasteiger partial charge on any atom is 0.0898 e. The van der Waals surface area contributed by atoms with E-state index in [9.17, 15) is 5.11 Å². The number of rotatable bonds is 7. The van der Waals surface area contributed by atoms with Crippen LogP contribution in [0.2, 0.25) is 0 Å². The van der Waals surface area contributed by atoms with E-state index in [1.165, 1.54) is 4.88 Å². The minimum Gasteiger partial charge on any atom is -0.389 e. The molecule has 5 heteroatoms. The molecule has 1 aromatic rings. The molecule has 0 spiro atoms. The van der Waals surface area contributed by atoms with Gasteiger partial charge in [0.05, 0.1) is 18.8 Å². The van der Waals surface area contributed by atoms with Gasteiger partial charge in [0, 0.05) is 30.7 Å². The molecule has 2 heterocycles. The van der Waals surface area contributed by atoms with Crippen molar-refractivity contribution in [2.45, 2.75) is 51.9 Å². The first-order chi connectivity index (χ1) is 10.5. The van der Waals surface area contributed by atoms with E-state index in [1.54, 1.807) is 11.3 Å². The summed E-state index contributed by atoms with van der Waals surface area (Å²) in [6, 6.07) is 4.47. The monoisotopic (exact) mass is 327 g/mol. The van der Waals surface area contributed by atoms with Crippen molar-refractivity contribution in [1.82, 2.24) is 5.32 Å². The van der Waals surface area contributed by atoms with Gasteiger partial charge in [-0.15, -0.1) is 11.3 Å². The van der Waals surface area contributed by atoms with Crippen LogP contribution in [0.3, 0.4) is 0 Å². The summed E-state index contributed by atoms with van der Waals surface area (Å²) in [5.41, 5.74) is 0.103. The van der Waals surface area contributed by atoms with Crippen LogP contribution in [0.5, 0.6) is 0 Å². The first-order valence-electron chi connectivity index (χ1n) is 8.11. The zero-order valence-corrected chi connectivity index (χ0v) is 14.7. The average molecular weight is 327 g/mol. The molecule has 0 saturated carbocycles. The number of aliphatic hydroxyl groups is 1. The first kappa shape index (κ1) is 17.9. The highest BCUT2D eigenvalue weighted by Gasteiger charge is 2.27. The molecular weight excluding hydrogens is 298 g/mol. The second-order valence-corrected chi connectivity index (χ2v) is 8.00. The summed E-state index contributed by atoms with van der Waals surface area (Å²) in [6.07, 6.45) is 1.62. The fraction of sp³-hybridized carbons (Fsp3) is 0.765. The molecule has 4 nitrogen and oxygen atoms in total. The smallest absolute Gasteiger partial charge is 0.0898 e. The second kappa shape index (κ2) is 8.41. The van der Waals surface area contributed by atoms with Gasteiger partial charge in [0.1, 0.15) is 0 Å². The summed E-state index contributed by atoms with van der Waals surface area (Å²) in [7, 11) is 0. The van der Waals surface area contributed by atoms with E-state index in [1.807, 2.05) is 0 Å². The van der Waals surface area contributed by atoms with Crippen LogP contribution in [0.1, 0.15) is 44.5 Å². The van der Waals surface area contributed by atoms with E-state index in [4.69, 9.17) is 9.47 Å². The topological polar surface area (TPSA) is 50.7 Å². The Balaban J connectivity index is 1.76. The van der Waals surface area contributed by atoms with Crippen molar-refractivity contribution in [2.75, 3.05) is 26.4 Å². The fourth-order valence-electron chi connectivity index (χ4n) is 2.69. The molecule has 22 heavy (non-hydrogen) atoms. The number of hydrogen-bond donors (Lipinski definition) is 2. The molecule has 2 N–H and O–H groups in total. The summed E-state index contributed by atoms with van der Waals surface area (Å²) >= 11 is 1.76. The van der Waals surface area contributed by atoms with Gasteiger partial charge in [-0.2, -0.15) is 0 Å². The fourth-order valence-corrected chi connectivity index (χ4v) is 3.74. The van der Waals surface area contributed by atoms with Gasteiger partial charge in [-0.25, -0.2) is 0 Å². The molecular formula is C17H29NO3S. The van der Waals surface area contributed by atoms with Crippen LogP contribution in [-0.4, -0.2) is 43.7 Å². The summed E-state index contributed by atoms with van der Waals surface area (Å²) in [5.74, 6) is 0. The molecule has 0 amide bonds. The molecule has 126 valence electrons. The number of hydrogen-bond acceptors (Lipinski definition) is 5. The maximum absolute atomic E-state index is 10.2. The Bertz CT molecular complexity index is 410. The SMILES string of the molecule is CC(C)(C)C(NCC(O)COC1CCOCC1)c1cccs1. The normalized spacial score (nSPS) is 20.0. The zero-order chi connectivity index (χ0) is 16.0. The standard InChI is InChI=1S/C17H29NO3S/c1-17(2,3)16(15-5-4-10-22-15)18-11-13(19)12-21-14-6-8-20-9-7-14/h4-5,10,13-14,16,18-19H,6-9,11-12H2,1-3H3. The minimum atomic E-state index is -0.479. The van der Waals surface area contributed by atoms with Crippen LogP contribution >= 0.6 is 11.3 Å². The van der Waals surface area contributed by atoms with E-state index in [-0.39, 0.29) is 17.6 Å². The Kier molecular flexibility index (Phi) is 6.84. The van der Waals surface area contributed by atoms with Crippen LogP contribution in [0.15, 0.2) is 17.5 Å². The number of nitrogens with one attached hydrogen (secondary N) is 1. The average Bonchev–Trinajstić information content (AvgIpc) is 2.99. The lowest BCUT2D eigenvalue weighted by Gasteiger charge is -2.32. The molecule has 2 unspecified atom stereocenters. The Morgan fingerprint density at radius 1 is 1.41 bits per heavy atom. The van der Waals surface area contributed by atoms with Gasteiger partial charge in [0.2, 0.25) is 0 Å². The highest BCUT2D eigenvalue weighted by molar-refractivity contribution is 7.10. The van der Waals surface area contributed by atoms with Gasteiger partial charge in [0.15, 0.2) is 0 Å². The van der Waals surface area contributed by atoms with Crippen molar-refractivity contribution >= 4 is 11.3 Å². The number of aliphatic hydroxyl groups excluding tert-OH is 1. The minimum absolute atomic E-state index is 0.103. The molecule has 1 fully saturated rings. The zero-order valence-electron chi connectivity index (χ0n) is 13.9. The largest absolute Gasteiger partial charge is 0.389 e. The van der Waals surface area contributed by atoms with Crippen molar-refractivity contribution in [3.63, 3.8) is 0 Å². The molecule has 2 atom stereocenters. The van der Waals surface area contributed by atoms with Crippen molar-refractivity contribution in [3.8, 4) is 0 Å².